The Morgan fingerprint density at radius 1 is 1.14 bits per heavy atom. The van der Waals surface area contributed by atoms with E-state index in [1.165, 1.54) is 19.6 Å². The highest BCUT2D eigenvalue weighted by molar-refractivity contribution is 5.96. The first-order chi connectivity index (χ1) is 20.5. The van der Waals surface area contributed by atoms with E-state index in [1.807, 2.05) is 18.2 Å². The maximum atomic E-state index is 14.4. The van der Waals surface area contributed by atoms with Gasteiger partial charge in [0.2, 0.25) is 0 Å². The Kier molecular flexibility index (Phi) is 7.96. The first kappa shape index (κ1) is 29.6. The molecule has 8 nitrogen and oxygen atoms in total. The van der Waals surface area contributed by atoms with Crippen molar-refractivity contribution in [3.8, 4) is 5.75 Å². The van der Waals surface area contributed by atoms with Gasteiger partial charge in [-0.05, 0) is 86.1 Å². The van der Waals surface area contributed by atoms with Crippen molar-refractivity contribution < 1.29 is 13.9 Å². The topological polar surface area (TPSA) is 81.0 Å². The first-order valence-corrected chi connectivity index (χ1v) is 15.6. The summed E-state index contributed by atoms with van der Waals surface area (Å²) in [5, 5.41) is 4.14. The van der Waals surface area contributed by atoms with E-state index in [0.717, 1.165) is 37.1 Å². The second kappa shape index (κ2) is 11.6. The van der Waals surface area contributed by atoms with E-state index >= 15 is 0 Å². The summed E-state index contributed by atoms with van der Waals surface area (Å²) in [4.78, 5) is 25.6. The van der Waals surface area contributed by atoms with Crippen LogP contribution in [0.3, 0.4) is 0 Å². The number of benzene rings is 2. The van der Waals surface area contributed by atoms with E-state index in [9.17, 15) is 9.18 Å². The summed E-state index contributed by atoms with van der Waals surface area (Å²) in [5.41, 5.74) is 2.24. The standard InChI is InChI=1S/C34H44FN5O3/c1-20-17-40(18-21(2)43-20)33(38-30-14-24-13-28(22(30)3)34(24,4)5)37-25-8-10-27-31(15-25)36-19-39(32(27)41)12-11-23-7-9-26(42-6)16-29(23)35/h7-10,15-16,19-22,24,28,30H,11-14,17-18H2,1-6H3,(H,37,38)/t20-,21+,22-,24-,28-,30?/m1/s1. The van der Waals surface area contributed by atoms with Crippen LogP contribution < -0.4 is 15.6 Å². The lowest BCUT2D eigenvalue weighted by Gasteiger charge is -2.61. The molecule has 3 aliphatic carbocycles. The molecule has 1 unspecified atom stereocenters. The normalized spacial score (nSPS) is 28.4. The number of rotatable bonds is 6. The van der Waals surface area contributed by atoms with Crippen LogP contribution in [-0.2, 0) is 17.7 Å². The van der Waals surface area contributed by atoms with Gasteiger partial charge in [0, 0.05) is 31.4 Å². The number of anilines is 1. The monoisotopic (exact) mass is 589 g/mol. The van der Waals surface area contributed by atoms with E-state index in [-0.39, 0.29) is 29.6 Å². The van der Waals surface area contributed by atoms with Crippen LogP contribution >= 0.6 is 0 Å². The summed E-state index contributed by atoms with van der Waals surface area (Å²) < 4.78 is 27.1. The molecule has 2 aromatic carbocycles. The van der Waals surface area contributed by atoms with Crippen molar-refractivity contribution in [3.63, 3.8) is 0 Å². The molecule has 4 fully saturated rings. The molecule has 1 saturated heterocycles. The van der Waals surface area contributed by atoms with E-state index in [0.29, 0.717) is 52.4 Å². The van der Waals surface area contributed by atoms with E-state index in [4.69, 9.17) is 14.5 Å². The number of guanidine groups is 1. The van der Waals surface area contributed by atoms with Gasteiger partial charge in [-0.2, -0.15) is 0 Å². The number of nitrogens with zero attached hydrogens (tertiary/aromatic N) is 4. The number of ether oxygens (including phenoxy) is 2. The zero-order valence-corrected chi connectivity index (χ0v) is 26.1. The average molecular weight is 590 g/mol. The molecular weight excluding hydrogens is 545 g/mol. The van der Waals surface area contributed by atoms with Crippen LogP contribution in [-0.4, -0.2) is 58.9 Å². The zero-order chi connectivity index (χ0) is 30.5. The van der Waals surface area contributed by atoms with Crippen molar-refractivity contribution in [1.82, 2.24) is 14.5 Å². The first-order valence-electron chi connectivity index (χ1n) is 15.6. The molecule has 0 spiro atoms. The Hall–Kier alpha value is -3.46. The summed E-state index contributed by atoms with van der Waals surface area (Å²) in [6.45, 7) is 13.3. The minimum absolute atomic E-state index is 0.106. The molecule has 3 aromatic rings. The van der Waals surface area contributed by atoms with E-state index < -0.39 is 0 Å². The van der Waals surface area contributed by atoms with Gasteiger partial charge in [0.1, 0.15) is 11.6 Å². The van der Waals surface area contributed by atoms with Gasteiger partial charge in [0.15, 0.2) is 5.96 Å². The van der Waals surface area contributed by atoms with Crippen LogP contribution in [0.4, 0.5) is 10.1 Å². The third-order valence-corrected chi connectivity index (χ3v) is 10.3. The number of hydrogen-bond donors (Lipinski definition) is 1. The van der Waals surface area contributed by atoms with E-state index in [2.05, 4.69) is 49.8 Å². The average Bonchev–Trinajstić information content (AvgIpc) is 2.97. The van der Waals surface area contributed by atoms with Gasteiger partial charge in [-0.25, -0.2) is 14.4 Å². The van der Waals surface area contributed by atoms with E-state index in [1.54, 1.807) is 23.0 Å². The Morgan fingerprint density at radius 2 is 1.91 bits per heavy atom. The van der Waals surface area contributed by atoms with Gasteiger partial charge in [-0.1, -0.05) is 26.8 Å². The van der Waals surface area contributed by atoms with Gasteiger partial charge in [-0.3, -0.25) is 9.36 Å². The number of hydrogen-bond acceptors (Lipinski definition) is 5. The molecule has 2 bridgehead atoms. The molecule has 43 heavy (non-hydrogen) atoms. The van der Waals surface area contributed by atoms with Crippen molar-refractivity contribution in [2.45, 2.75) is 78.7 Å². The molecule has 1 N–H and O–H groups in total. The highest BCUT2D eigenvalue weighted by Crippen LogP contribution is 2.61. The molecule has 2 heterocycles. The van der Waals surface area contributed by atoms with Crippen molar-refractivity contribution >= 4 is 22.5 Å². The molecule has 3 saturated carbocycles. The number of fused-ring (bicyclic) bond motifs is 3. The maximum absolute atomic E-state index is 14.4. The van der Waals surface area contributed by atoms with Gasteiger partial charge in [0.25, 0.3) is 5.56 Å². The summed E-state index contributed by atoms with van der Waals surface area (Å²) >= 11 is 0. The minimum Gasteiger partial charge on any atom is -0.497 e. The third-order valence-electron chi connectivity index (χ3n) is 10.3. The quantitative estimate of drug-likeness (QED) is 0.292. The van der Waals surface area contributed by atoms with Gasteiger partial charge >= 0.3 is 0 Å². The fourth-order valence-electron chi connectivity index (χ4n) is 7.62. The van der Waals surface area contributed by atoms with Gasteiger partial charge in [0.05, 0.1) is 42.6 Å². The lowest BCUT2D eigenvalue weighted by molar-refractivity contribution is -0.108. The van der Waals surface area contributed by atoms with Gasteiger partial charge in [-0.15, -0.1) is 0 Å². The molecule has 0 amide bonds. The predicted molar refractivity (Wildman–Crippen MR) is 168 cm³/mol. The Bertz CT molecular complexity index is 1580. The molecule has 0 radical (unpaired) electrons. The van der Waals surface area contributed by atoms with Crippen LogP contribution in [0.2, 0.25) is 0 Å². The van der Waals surface area contributed by atoms with Crippen molar-refractivity contribution in [1.29, 1.82) is 0 Å². The third kappa shape index (κ3) is 5.76. The lowest BCUT2D eigenvalue weighted by Crippen LogP contribution is -2.57. The molecule has 4 aliphatic rings. The SMILES string of the molecule is COc1ccc(CCn2cnc3cc(NC(=NC4C[C@H]5C[C@H]([C@H]4C)C5(C)C)N4C[C@@H](C)O[C@@H](C)C4)ccc3c2=O)c(F)c1. The zero-order valence-electron chi connectivity index (χ0n) is 26.1. The number of halogens is 1. The Balaban J connectivity index is 1.23. The summed E-state index contributed by atoms with van der Waals surface area (Å²) in [7, 11) is 1.51. The molecule has 1 aromatic heterocycles. The second-order valence-corrected chi connectivity index (χ2v) is 13.4. The number of methoxy groups -OCH3 is 1. The Labute approximate surface area is 253 Å². The number of nitrogens with one attached hydrogen (secondary N) is 1. The highest BCUT2D eigenvalue weighted by Gasteiger charge is 2.56. The van der Waals surface area contributed by atoms with Crippen molar-refractivity contribution in [2.24, 2.45) is 28.2 Å². The predicted octanol–water partition coefficient (Wildman–Crippen LogP) is 5.73. The van der Waals surface area contributed by atoms with Gasteiger partial charge < -0.3 is 19.7 Å². The summed E-state index contributed by atoms with van der Waals surface area (Å²) in [6, 6.07) is 10.7. The minimum atomic E-state index is -0.346. The van der Waals surface area contributed by atoms with Crippen molar-refractivity contribution in [3.05, 3.63) is 64.5 Å². The largest absolute Gasteiger partial charge is 0.497 e. The fraction of sp³-hybridized carbons (Fsp3) is 0.559. The summed E-state index contributed by atoms with van der Waals surface area (Å²) in [5.74, 6) is 2.94. The molecule has 230 valence electrons. The maximum Gasteiger partial charge on any atom is 0.261 e. The molecule has 7 rings (SSSR count). The number of aliphatic imine (C=N–C) groups is 1. The van der Waals surface area contributed by atoms with Crippen LogP contribution in [0.5, 0.6) is 5.75 Å². The van der Waals surface area contributed by atoms with Crippen molar-refractivity contribution in [2.75, 3.05) is 25.5 Å². The lowest BCUT2D eigenvalue weighted by atomic mass is 9.45. The van der Waals surface area contributed by atoms with Crippen LogP contribution in [0.15, 0.2) is 52.5 Å². The number of aromatic nitrogens is 2. The molecule has 6 atom stereocenters. The van der Waals surface area contributed by atoms with Crippen LogP contribution in [0.1, 0.15) is 53.0 Å². The fourth-order valence-corrected chi connectivity index (χ4v) is 7.62. The molecular formula is C34H44FN5O3. The molecule has 1 aliphatic heterocycles. The smallest absolute Gasteiger partial charge is 0.261 e. The van der Waals surface area contributed by atoms with Crippen LogP contribution in [0, 0.1) is 29.0 Å². The highest BCUT2D eigenvalue weighted by atomic mass is 19.1. The Morgan fingerprint density at radius 3 is 2.58 bits per heavy atom. The number of aryl methyl sites for hydroxylation is 2. The summed E-state index contributed by atoms with van der Waals surface area (Å²) in [6.07, 6.45) is 4.57. The number of morpholine rings is 1. The molecule has 9 heteroatoms. The van der Waals surface area contributed by atoms with Crippen LogP contribution in [0.25, 0.3) is 10.9 Å². The second-order valence-electron chi connectivity index (χ2n) is 13.4.